The molecule has 0 aliphatic carbocycles. The molecule has 0 aliphatic heterocycles. The van der Waals surface area contributed by atoms with E-state index in [0.717, 1.165) is 5.56 Å². The van der Waals surface area contributed by atoms with Crippen molar-refractivity contribution in [1.29, 1.82) is 0 Å². The summed E-state index contributed by atoms with van der Waals surface area (Å²) in [6.07, 6.45) is 5.23. The topological polar surface area (TPSA) is 102 Å². The van der Waals surface area contributed by atoms with Gasteiger partial charge in [-0.2, -0.15) is 0 Å². The fourth-order valence-corrected chi connectivity index (χ4v) is 3.42. The van der Waals surface area contributed by atoms with Crippen molar-refractivity contribution in [3.63, 3.8) is 0 Å². The maximum Gasteiger partial charge on any atom is 0.481 e. The molecule has 0 fully saturated rings. The second-order valence-electron chi connectivity index (χ2n) is 8.56. The Balaban J connectivity index is 2.24. The molecule has 0 bridgehead atoms. The van der Waals surface area contributed by atoms with Crippen LogP contribution in [0.2, 0.25) is 0 Å². The molecule has 1 aromatic carbocycles. The Morgan fingerprint density at radius 1 is 1.06 bits per heavy atom. The van der Waals surface area contributed by atoms with Gasteiger partial charge in [0.25, 0.3) is 5.91 Å². The number of carbonyl (C=O) groups excluding carboxylic acids is 2. The summed E-state index contributed by atoms with van der Waals surface area (Å²) in [4.78, 5) is 34.2. The third-order valence-corrected chi connectivity index (χ3v) is 4.82. The second-order valence-corrected chi connectivity index (χ2v) is 8.56. The van der Waals surface area contributed by atoms with Gasteiger partial charge < -0.3 is 19.9 Å². The fourth-order valence-electron chi connectivity index (χ4n) is 3.42. The second kappa shape index (κ2) is 13.7. The van der Waals surface area contributed by atoms with E-state index in [9.17, 15) is 9.59 Å². The molecule has 0 saturated carbocycles. The average Bonchev–Trinajstić information content (AvgIpc) is 2.78. The van der Waals surface area contributed by atoms with Gasteiger partial charge in [-0.25, -0.2) is 4.98 Å². The maximum atomic E-state index is 13.4. The van der Waals surface area contributed by atoms with Crippen molar-refractivity contribution in [2.24, 2.45) is 5.92 Å². The summed E-state index contributed by atoms with van der Waals surface area (Å²) in [5, 5.41) is 5.89. The first-order chi connectivity index (χ1) is 15.8. The smallest absolute Gasteiger partial charge is 0.410 e. The summed E-state index contributed by atoms with van der Waals surface area (Å²) in [5.41, 5.74) is 1.08. The van der Waals surface area contributed by atoms with Crippen molar-refractivity contribution in [2.75, 3.05) is 6.61 Å². The van der Waals surface area contributed by atoms with E-state index < -0.39 is 19.1 Å². The van der Waals surface area contributed by atoms with E-state index in [0.29, 0.717) is 25.4 Å². The molecule has 1 aromatic heterocycles. The van der Waals surface area contributed by atoms with Crippen LogP contribution in [0.15, 0.2) is 48.9 Å². The van der Waals surface area contributed by atoms with E-state index in [1.807, 2.05) is 51.1 Å². The third-order valence-electron chi connectivity index (χ3n) is 4.82. The van der Waals surface area contributed by atoms with E-state index >= 15 is 0 Å². The monoisotopic (exact) mass is 454 g/mol. The number of nitrogens with one attached hydrogen (secondary N) is 2. The standard InChI is InChI=1S/C24H35BN4O4/c1-6-32-25(33-18(4)5)22(14-17(2)3)29-23(30)20(15-19-10-8-7-9-11-19)28-24(31)21-16-26-12-13-27-21/h7-13,16-18,20,22H,6,14-15H2,1-5H3,(H,28,31)(H,29,30). The van der Waals surface area contributed by atoms with Crippen molar-refractivity contribution in [1.82, 2.24) is 20.6 Å². The summed E-state index contributed by atoms with van der Waals surface area (Å²) < 4.78 is 11.8. The largest absolute Gasteiger partial charge is 0.481 e. The highest BCUT2D eigenvalue weighted by atomic mass is 16.6. The van der Waals surface area contributed by atoms with Crippen LogP contribution in [-0.2, 0) is 20.5 Å². The van der Waals surface area contributed by atoms with Crippen LogP contribution < -0.4 is 10.6 Å². The molecule has 8 nitrogen and oxygen atoms in total. The summed E-state index contributed by atoms with van der Waals surface area (Å²) in [5.74, 6) is -0.833. The van der Waals surface area contributed by atoms with Crippen LogP contribution in [0.25, 0.3) is 0 Å². The van der Waals surface area contributed by atoms with E-state index in [-0.39, 0.29) is 23.6 Å². The summed E-state index contributed by atoms with van der Waals surface area (Å²) in [6, 6.07) is 8.75. The molecule has 1 heterocycles. The number of hydrogen-bond acceptors (Lipinski definition) is 6. The lowest BCUT2D eigenvalue weighted by Crippen LogP contribution is -2.56. The molecule has 2 aromatic rings. The van der Waals surface area contributed by atoms with Crippen LogP contribution in [0.5, 0.6) is 0 Å². The van der Waals surface area contributed by atoms with Crippen LogP contribution in [-0.4, -0.2) is 53.6 Å². The number of aromatic nitrogens is 2. The van der Waals surface area contributed by atoms with E-state index in [2.05, 4.69) is 34.4 Å². The number of rotatable bonds is 13. The third kappa shape index (κ3) is 9.31. The molecule has 2 amide bonds. The lowest BCUT2D eigenvalue weighted by atomic mass is 9.73. The predicted molar refractivity (Wildman–Crippen MR) is 128 cm³/mol. The molecule has 0 spiro atoms. The summed E-state index contributed by atoms with van der Waals surface area (Å²) in [6.45, 7) is 10.4. The normalized spacial score (nSPS) is 12.9. The zero-order chi connectivity index (χ0) is 24.2. The van der Waals surface area contributed by atoms with Gasteiger partial charge in [0.1, 0.15) is 11.7 Å². The van der Waals surface area contributed by atoms with Crippen molar-refractivity contribution >= 4 is 18.9 Å². The molecule has 2 unspecified atom stereocenters. The first-order valence-corrected chi connectivity index (χ1v) is 11.5. The molecule has 0 radical (unpaired) electrons. The minimum absolute atomic E-state index is 0.0652. The van der Waals surface area contributed by atoms with Gasteiger partial charge in [0.15, 0.2) is 0 Å². The molecule has 178 valence electrons. The zero-order valence-corrected chi connectivity index (χ0v) is 20.2. The summed E-state index contributed by atoms with van der Waals surface area (Å²) in [7, 11) is -0.589. The van der Waals surface area contributed by atoms with Crippen molar-refractivity contribution in [2.45, 2.75) is 65.5 Å². The van der Waals surface area contributed by atoms with Crippen LogP contribution in [0, 0.1) is 5.92 Å². The zero-order valence-electron chi connectivity index (χ0n) is 20.2. The fraction of sp³-hybridized carbons (Fsp3) is 0.500. The lowest BCUT2D eigenvalue weighted by molar-refractivity contribution is -0.123. The number of amides is 2. The predicted octanol–water partition coefficient (Wildman–Crippen LogP) is 2.84. The summed E-state index contributed by atoms with van der Waals surface area (Å²) >= 11 is 0. The number of hydrogen-bond donors (Lipinski definition) is 2. The van der Waals surface area contributed by atoms with Crippen LogP contribution in [0.1, 0.15) is 57.1 Å². The molecule has 0 aliphatic rings. The quantitative estimate of drug-likeness (QED) is 0.452. The molecular formula is C24H35BN4O4. The Morgan fingerprint density at radius 3 is 2.36 bits per heavy atom. The van der Waals surface area contributed by atoms with Gasteiger partial charge in [0, 0.05) is 31.5 Å². The minimum Gasteiger partial charge on any atom is -0.410 e. The highest BCUT2D eigenvalue weighted by Crippen LogP contribution is 2.13. The Hall–Kier alpha value is -2.78. The van der Waals surface area contributed by atoms with Crippen molar-refractivity contribution in [3.8, 4) is 0 Å². The first-order valence-electron chi connectivity index (χ1n) is 11.5. The van der Waals surface area contributed by atoms with Gasteiger partial charge in [0.2, 0.25) is 5.91 Å². The van der Waals surface area contributed by atoms with Gasteiger partial charge in [-0.05, 0) is 38.7 Å². The van der Waals surface area contributed by atoms with Crippen molar-refractivity contribution in [3.05, 3.63) is 60.2 Å². The molecule has 0 saturated heterocycles. The highest BCUT2D eigenvalue weighted by Gasteiger charge is 2.35. The van der Waals surface area contributed by atoms with E-state index in [1.54, 1.807) is 0 Å². The number of nitrogens with zero attached hydrogens (tertiary/aromatic N) is 2. The highest BCUT2D eigenvalue weighted by molar-refractivity contribution is 6.47. The van der Waals surface area contributed by atoms with Gasteiger partial charge >= 0.3 is 7.12 Å². The van der Waals surface area contributed by atoms with Crippen LogP contribution >= 0.6 is 0 Å². The van der Waals surface area contributed by atoms with Gasteiger partial charge in [-0.3, -0.25) is 14.6 Å². The SMILES string of the molecule is CCOB(OC(C)C)C(CC(C)C)NC(=O)C(Cc1ccccc1)NC(=O)c1cnccn1. The molecule has 2 N–H and O–H groups in total. The Labute approximate surface area is 197 Å². The van der Waals surface area contributed by atoms with E-state index in [1.165, 1.54) is 18.6 Å². The van der Waals surface area contributed by atoms with Gasteiger partial charge in [-0.1, -0.05) is 44.2 Å². The van der Waals surface area contributed by atoms with E-state index in [4.69, 9.17) is 9.31 Å². The number of benzene rings is 1. The lowest BCUT2D eigenvalue weighted by Gasteiger charge is -2.29. The van der Waals surface area contributed by atoms with Gasteiger partial charge in [-0.15, -0.1) is 0 Å². The van der Waals surface area contributed by atoms with Crippen molar-refractivity contribution < 1.29 is 18.9 Å². The molecular weight excluding hydrogens is 419 g/mol. The Morgan fingerprint density at radius 2 is 1.79 bits per heavy atom. The average molecular weight is 454 g/mol. The van der Waals surface area contributed by atoms with Crippen LogP contribution in [0.3, 0.4) is 0 Å². The minimum atomic E-state index is -0.808. The Bertz CT molecular complexity index is 852. The van der Waals surface area contributed by atoms with Gasteiger partial charge in [0.05, 0.1) is 12.1 Å². The molecule has 9 heteroatoms. The number of carbonyl (C=O) groups is 2. The Kier molecular flexibility index (Phi) is 11.0. The maximum absolute atomic E-state index is 13.4. The molecule has 33 heavy (non-hydrogen) atoms. The van der Waals surface area contributed by atoms with Crippen LogP contribution in [0.4, 0.5) is 0 Å². The first kappa shape index (κ1) is 26.5. The molecule has 2 rings (SSSR count). The molecule has 2 atom stereocenters.